The maximum atomic E-state index is 6.77. The first-order chi connectivity index (χ1) is 46.8. The molecule has 1 aliphatic rings. The van der Waals surface area contributed by atoms with E-state index in [1.165, 1.54) is 61.4 Å². The third-order valence-corrected chi connectivity index (χ3v) is 18.1. The van der Waals surface area contributed by atoms with Gasteiger partial charge in [0.15, 0.2) is 0 Å². The number of pyridine rings is 3. The van der Waals surface area contributed by atoms with E-state index in [1.54, 1.807) is 0 Å². The first-order valence-electron chi connectivity index (χ1n) is 33.1. The number of hydrogen-bond donors (Lipinski definition) is 0. The fourth-order valence-electron chi connectivity index (χ4n) is 13.6. The van der Waals surface area contributed by atoms with Crippen LogP contribution in [0.3, 0.4) is 0 Å². The molecule has 95 heavy (non-hydrogen) atoms. The SMILES string of the molecule is C1=CC(c2ccc3c(c2)c2cc(-c4ccccc4-c4ccccn4)ccc2n3-c2ccc3oc4ccc(-n5c6ccc(-c7ccccc7-c7ccccc7)cc6c6cc(-c7ccccc7-c7ccccn7)ccc65)cc4c3c2)=C(c2ccccn2)CC1.C=CC(C)C.CCC. The van der Waals surface area contributed by atoms with Gasteiger partial charge in [0.05, 0.1) is 39.1 Å². The van der Waals surface area contributed by atoms with Gasteiger partial charge in [0.1, 0.15) is 11.2 Å². The molecule has 0 aliphatic heterocycles. The van der Waals surface area contributed by atoms with E-state index in [9.17, 15) is 0 Å². The Kier molecular flexibility index (Phi) is 16.4. The van der Waals surface area contributed by atoms with Crippen LogP contribution < -0.4 is 0 Å². The van der Waals surface area contributed by atoms with Crippen molar-refractivity contribution in [3.8, 4) is 78.4 Å². The fourth-order valence-corrected chi connectivity index (χ4v) is 13.6. The predicted molar refractivity (Wildman–Crippen MR) is 401 cm³/mol. The third kappa shape index (κ3) is 11.3. The van der Waals surface area contributed by atoms with Crippen molar-refractivity contribution < 1.29 is 4.42 Å². The summed E-state index contributed by atoms with van der Waals surface area (Å²) < 4.78 is 11.6. The molecule has 0 saturated carbocycles. The van der Waals surface area contributed by atoms with E-state index in [0.29, 0.717) is 5.92 Å². The van der Waals surface area contributed by atoms with Gasteiger partial charge in [0.2, 0.25) is 0 Å². The lowest BCUT2D eigenvalue weighted by Gasteiger charge is -2.16. The molecule has 6 aromatic heterocycles. The van der Waals surface area contributed by atoms with Crippen LogP contribution in [0.15, 0.2) is 315 Å². The molecule has 0 unspecified atom stereocenters. The van der Waals surface area contributed by atoms with Crippen LogP contribution in [0.4, 0.5) is 0 Å². The number of nitrogens with zero attached hydrogens (tertiary/aromatic N) is 5. The summed E-state index contributed by atoms with van der Waals surface area (Å²) in [4.78, 5) is 14.4. The summed E-state index contributed by atoms with van der Waals surface area (Å²) >= 11 is 0. The Hall–Kier alpha value is -11.7. The monoisotopic (exact) mass is 1230 g/mol. The highest BCUT2D eigenvalue weighted by Gasteiger charge is 2.23. The van der Waals surface area contributed by atoms with Gasteiger partial charge >= 0.3 is 0 Å². The molecule has 458 valence electrons. The van der Waals surface area contributed by atoms with Gasteiger partial charge in [-0.15, -0.1) is 6.58 Å². The van der Waals surface area contributed by atoms with E-state index < -0.39 is 0 Å². The number of rotatable bonds is 11. The molecule has 0 atom stereocenters. The minimum atomic E-state index is 0.648. The summed E-state index contributed by atoms with van der Waals surface area (Å²) in [5.74, 6) is 0.648. The average Bonchev–Trinajstić information content (AvgIpc) is 1.59. The highest BCUT2D eigenvalue weighted by Crippen LogP contribution is 2.45. The van der Waals surface area contributed by atoms with Crippen LogP contribution in [0.2, 0.25) is 0 Å². The van der Waals surface area contributed by atoms with Crippen molar-refractivity contribution in [3.05, 3.63) is 322 Å². The van der Waals surface area contributed by atoms with E-state index >= 15 is 0 Å². The van der Waals surface area contributed by atoms with Crippen molar-refractivity contribution in [2.75, 3.05) is 0 Å². The van der Waals surface area contributed by atoms with E-state index in [4.69, 9.17) is 19.4 Å². The predicted octanol–water partition coefficient (Wildman–Crippen LogP) is 24.5. The average molecular weight is 1230 g/mol. The van der Waals surface area contributed by atoms with Gasteiger partial charge < -0.3 is 13.6 Å². The van der Waals surface area contributed by atoms with Gasteiger partial charge in [-0.25, -0.2) is 0 Å². The first kappa shape index (κ1) is 59.6. The van der Waals surface area contributed by atoms with Crippen LogP contribution in [0.25, 0.3) is 155 Å². The number of benzene rings is 10. The molecule has 0 radical (unpaired) electrons. The van der Waals surface area contributed by atoms with E-state index in [2.05, 4.69) is 304 Å². The molecule has 6 nitrogen and oxygen atoms in total. The van der Waals surface area contributed by atoms with Crippen molar-refractivity contribution in [1.29, 1.82) is 0 Å². The Bertz CT molecular complexity index is 5430. The molecule has 6 heteroatoms. The molecule has 1 aliphatic carbocycles. The zero-order chi connectivity index (χ0) is 64.4. The number of allylic oxidation sites excluding steroid dienone is 5. The van der Waals surface area contributed by atoms with Crippen LogP contribution >= 0.6 is 0 Å². The lowest BCUT2D eigenvalue weighted by Crippen LogP contribution is -1.97. The van der Waals surface area contributed by atoms with E-state index in [1.807, 2.05) is 42.9 Å². The lowest BCUT2D eigenvalue weighted by molar-refractivity contribution is 0.669. The Morgan fingerprint density at radius 1 is 0.389 bits per heavy atom. The maximum absolute atomic E-state index is 6.77. The Morgan fingerprint density at radius 2 is 0.758 bits per heavy atom. The molecule has 0 saturated heterocycles. The van der Waals surface area contributed by atoms with Crippen LogP contribution in [0, 0.1) is 5.92 Å². The number of furan rings is 1. The van der Waals surface area contributed by atoms with E-state index in [-0.39, 0.29) is 0 Å². The van der Waals surface area contributed by atoms with Gasteiger partial charge in [-0.05, 0) is 201 Å². The molecular formula is C89H71N5O. The molecule has 0 spiro atoms. The molecule has 0 fully saturated rings. The molecule has 10 aromatic carbocycles. The topological polar surface area (TPSA) is 61.7 Å². The van der Waals surface area contributed by atoms with Gasteiger partial charge in [0, 0.05) is 73.4 Å². The summed E-state index contributed by atoms with van der Waals surface area (Å²) in [7, 11) is 0. The summed E-state index contributed by atoms with van der Waals surface area (Å²) in [6, 6.07) is 96.3. The van der Waals surface area contributed by atoms with Crippen LogP contribution in [-0.2, 0) is 0 Å². The quantitative estimate of drug-likeness (QED) is 0.121. The second-order valence-corrected chi connectivity index (χ2v) is 24.7. The Balaban J connectivity index is 0.000000882. The van der Waals surface area contributed by atoms with Crippen molar-refractivity contribution >= 4 is 76.7 Å². The Labute approximate surface area is 554 Å². The molecular weight excluding hydrogens is 1160 g/mol. The fraction of sp³-hybridized carbons (Fsp3) is 0.0899. The summed E-state index contributed by atoms with van der Waals surface area (Å²) in [5, 5.41) is 6.77. The minimum Gasteiger partial charge on any atom is -0.456 e. The van der Waals surface area contributed by atoms with E-state index in [0.717, 1.165) is 124 Å². The smallest absolute Gasteiger partial charge is 0.135 e. The lowest BCUT2D eigenvalue weighted by atomic mass is 9.89. The van der Waals surface area contributed by atoms with Crippen molar-refractivity contribution in [1.82, 2.24) is 24.1 Å². The van der Waals surface area contributed by atoms with Gasteiger partial charge in [0.25, 0.3) is 0 Å². The third-order valence-electron chi connectivity index (χ3n) is 18.1. The summed E-state index contributed by atoms with van der Waals surface area (Å²) in [5.41, 5.74) is 26.3. The highest BCUT2D eigenvalue weighted by molar-refractivity contribution is 6.15. The first-order valence-corrected chi connectivity index (χ1v) is 33.1. The molecule has 0 bridgehead atoms. The van der Waals surface area contributed by atoms with Crippen LogP contribution in [0.5, 0.6) is 0 Å². The van der Waals surface area contributed by atoms with Crippen molar-refractivity contribution in [2.24, 2.45) is 5.92 Å². The zero-order valence-corrected chi connectivity index (χ0v) is 53.9. The molecule has 16 aromatic rings. The zero-order valence-electron chi connectivity index (χ0n) is 53.9. The van der Waals surface area contributed by atoms with Gasteiger partial charge in [-0.1, -0.05) is 198 Å². The van der Waals surface area contributed by atoms with Gasteiger partial charge in [-0.3, -0.25) is 15.0 Å². The van der Waals surface area contributed by atoms with Crippen molar-refractivity contribution in [3.63, 3.8) is 0 Å². The summed E-state index contributed by atoms with van der Waals surface area (Å²) in [6.07, 6.45) is 15.3. The van der Waals surface area contributed by atoms with Crippen LogP contribution in [0.1, 0.15) is 58.2 Å². The second kappa shape index (κ2) is 26.1. The van der Waals surface area contributed by atoms with Crippen molar-refractivity contribution in [2.45, 2.75) is 47.0 Å². The normalized spacial score (nSPS) is 12.2. The second-order valence-electron chi connectivity index (χ2n) is 24.7. The largest absolute Gasteiger partial charge is 0.456 e. The number of hydrogen-bond acceptors (Lipinski definition) is 4. The molecule has 6 heterocycles. The molecule has 0 amide bonds. The van der Waals surface area contributed by atoms with Gasteiger partial charge in [-0.2, -0.15) is 0 Å². The number of aromatic nitrogens is 5. The summed E-state index contributed by atoms with van der Waals surface area (Å²) in [6.45, 7) is 12.0. The Morgan fingerprint density at radius 3 is 1.18 bits per heavy atom. The minimum absolute atomic E-state index is 0.648. The molecule has 0 N–H and O–H groups in total. The standard InChI is InChI=1S/C81H53N5O.C5H10.C3H8/c1-2-18-52(19-3-1)59-20-4-5-21-60(59)53-31-37-76-67(46-53)68-47-54(61-22-6-9-25-64(61)73-28-12-15-43-82-73)32-38-77(68)85(76)57-35-41-80-71(50-57)72-51-58(36-42-81(72)87-80)86-78-39-33-55(62-23-7-10-26-65(62)74-29-13-16-44-83-74)48-69(78)70-49-56(34-40-79(70)86)63-24-8-11-27-66(63)75-30-14-17-45-84-75;1-4-5(2)3;1-3-2/h1-10,12-26,28-51H,11,27H2;4-5H,1H2,2-3H3;3H2,1-2H3. The highest BCUT2D eigenvalue weighted by atomic mass is 16.3. The van der Waals surface area contributed by atoms with Crippen LogP contribution in [-0.4, -0.2) is 24.1 Å². The molecule has 17 rings (SSSR count). The maximum Gasteiger partial charge on any atom is 0.135 e. The number of fused-ring (bicyclic) bond motifs is 9.